The highest BCUT2D eigenvalue weighted by Crippen LogP contribution is 2.41. The van der Waals surface area contributed by atoms with Crippen molar-refractivity contribution < 1.29 is 14.6 Å². The third-order valence-corrected chi connectivity index (χ3v) is 3.98. The predicted octanol–water partition coefficient (Wildman–Crippen LogP) is 1.87. The number of aliphatic hydroxyl groups is 1. The van der Waals surface area contributed by atoms with Crippen molar-refractivity contribution in [2.75, 3.05) is 26.4 Å². The Morgan fingerprint density at radius 3 is 2.47 bits per heavy atom. The molecule has 1 aliphatic rings. The maximum atomic E-state index is 10.6. The summed E-state index contributed by atoms with van der Waals surface area (Å²) in [7, 11) is 0. The van der Waals surface area contributed by atoms with E-state index < -0.39 is 6.10 Å². The second-order valence-electron chi connectivity index (χ2n) is 5.08. The van der Waals surface area contributed by atoms with E-state index in [0.29, 0.717) is 26.4 Å². The number of hydrogen-bond donors (Lipinski definition) is 2. The van der Waals surface area contributed by atoms with Crippen molar-refractivity contribution in [3.05, 3.63) is 29.8 Å². The Balaban J connectivity index is 2.14. The van der Waals surface area contributed by atoms with Crippen LogP contribution in [0.25, 0.3) is 0 Å². The van der Waals surface area contributed by atoms with Crippen LogP contribution >= 0.6 is 0 Å². The lowest BCUT2D eigenvalue weighted by atomic mass is 9.73. The Labute approximate surface area is 114 Å². The molecule has 1 fully saturated rings. The number of aliphatic hydroxyl groups excluding tert-OH is 1. The average molecular weight is 265 g/mol. The molecule has 1 aromatic carbocycles. The molecule has 4 heteroatoms. The number of benzene rings is 1. The van der Waals surface area contributed by atoms with Crippen molar-refractivity contribution in [1.82, 2.24) is 0 Å². The van der Waals surface area contributed by atoms with Crippen molar-refractivity contribution in [3.63, 3.8) is 0 Å². The van der Waals surface area contributed by atoms with Crippen LogP contribution in [-0.2, 0) is 4.74 Å². The number of ether oxygens (including phenoxy) is 2. The zero-order valence-electron chi connectivity index (χ0n) is 11.5. The molecule has 3 N–H and O–H groups in total. The molecule has 0 radical (unpaired) electrons. The fraction of sp³-hybridized carbons (Fsp3) is 0.600. The summed E-state index contributed by atoms with van der Waals surface area (Å²) in [5.74, 6) is 0.826. The number of rotatable bonds is 5. The van der Waals surface area contributed by atoms with Crippen LogP contribution in [0, 0.1) is 5.41 Å². The molecule has 1 unspecified atom stereocenters. The Morgan fingerprint density at radius 1 is 1.32 bits per heavy atom. The number of nitrogens with two attached hydrogens (primary N) is 1. The first-order valence-corrected chi connectivity index (χ1v) is 6.90. The Kier molecular flexibility index (Phi) is 4.80. The third kappa shape index (κ3) is 3.08. The molecule has 4 nitrogen and oxygen atoms in total. The zero-order valence-corrected chi connectivity index (χ0v) is 11.5. The minimum absolute atomic E-state index is 0.259. The standard InChI is InChI=1S/C15H23NO3/c1-2-19-13-5-3-12(4-6-13)14(17)15(11-16)7-9-18-10-8-15/h3-6,14,17H,2,7-11,16H2,1H3. The highest BCUT2D eigenvalue weighted by atomic mass is 16.5. The lowest BCUT2D eigenvalue weighted by Crippen LogP contribution is -2.41. The van der Waals surface area contributed by atoms with Gasteiger partial charge in [0.15, 0.2) is 0 Å². The number of hydrogen-bond acceptors (Lipinski definition) is 4. The molecule has 0 amide bonds. The molecule has 0 aliphatic carbocycles. The molecular weight excluding hydrogens is 242 g/mol. The Bertz CT molecular complexity index is 385. The first-order chi connectivity index (χ1) is 9.22. The molecule has 0 spiro atoms. The highest BCUT2D eigenvalue weighted by molar-refractivity contribution is 5.29. The molecule has 1 atom stereocenters. The van der Waals surface area contributed by atoms with E-state index in [1.807, 2.05) is 31.2 Å². The maximum absolute atomic E-state index is 10.6. The van der Waals surface area contributed by atoms with Gasteiger partial charge in [-0.3, -0.25) is 0 Å². The van der Waals surface area contributed by atoms with Gasteiger partial charge in [0.05, 0.1) is 12.7 Å². The summed E-state index contributed by atoms with van der Waals surface area (Å²) in [6.45, 7) is 4.42. The van der Waals surface area contributed by atoms with E-state index in [0.717, 1.165) is 24.2 Å². The summed E-state index contributed by atoms with van der Waals surface area (Å²) in [5, 5.41) is 10.6. The Morgan fingerprint density at radius 2 is 1.95 bits per heavy atom. The topological polar surface area (TPSA) is 64.7 Å². The van der Waals surface area contributed by atoms with Crippen LogP contribution in [0.2, 0.25) is 0 Å². The van der Waals surface area contributed by atoms with Crippen molar-refractivity contribution in [2.45, 2.75) is 25.9 Å². The van der Waals surface area contributed by atoms with Crippen LogP contribution in [0.4, 0.5) is 0 Å². The minimum atomic E-state index is -0.544. The Hall–Kier alpha value is -1.10. The van der Waals surface area contributed by atoms with Gasteiger partial charge in [0.1, 0.15) is 5.75 Å². The smallest absolute Gasteiger partial charge is 0.119 e. The van der Waals surface area contributed by atoms with Crippen molar-refractivity contribution >= 4 is 0 Å². The molecule has 19 heavy (non-hydrogen) atoms. The average Bonchev–Trinajstić information content (AvgIpc) is 2.48. The second-order valence-corrected chi connectivity index (χ2v) is 5.08. The molecular formula is C15H23NO3. The van der Waals surface area contributed by atoms with Gasteiger partial charge in [0.2, 0.25) is 0 Å². The van der Waals surface area contributed by atoms with Gasteiger partial charge in [-0.05, 0) is 37.5 Å². The monoisotopic (exact) mass is 265 g/mol. The van der Waals surface area contributed by atoms with E-state index in [4.69, 9.17) is 15.2 Å². The van der Waals surface area contributed by atoms with Crippen molar-refractivity contribution in [3.8, 4) is 5.75 Å². The van der Waals surface area contributed by atoms with Crippen LogP contribution < -0.4 is 10.5 Å². The van der Waals surface area contributed by atoms with E-state index >= 15 is 0 Å². The highest BCUT2D eigenvalue weighted by Gasteiger charge is 2.39. The molecule has 1 heterocycles. The molecule has 1 aromatic rings. The molecule has 2 rings (SSSR count). The first kappa shape index (κ1) is 14.3. The van der Waals surface area contributed by atoms with Crippen LogP contribution in [0.3, 0.4) is 0 Å². The SMILES string of the molecule is CCOc1ccc(C(O)C2(CN)CCOCC2)cc1. The second kappa shape index (κ2) is 6.37. The lowest BCUT2D eigenvalue weighted by molar-refractivity contribution is -0.0581. The fourth-order valence-electron chi connectivity index (χ4n) is 2.63. The maximum Gasteiger partial charge on any atom is 0.119 e. The molecule has 106 valence electrons. The van der Waals surface area contributed by atoms with Crippen molar-refractivity contribution in [1.29, 1.82) is 0 Å². The van der Waals surface area contributed by atoms with E-state index in [9.17, 15) is 5.11 Å². The van der Waals surface area contributed by atoms with Gasteiger partial charge in [-0.15, -0.1) is 0 Å². The van der Waals surface area contributed by atoms with Gasteiger partial charge < -0.3 is 20.3 Å². The predicted molar refractivity (Wildman–Crippen MR) is 74.1 cm³/mol. The molecule has 0 aromatic heterocycles. The first-order valence-electron chi connectivity index (χ1n) is 6.90. The van der Waals surface area contributed by atoms with Gasteiger partial charge in [-0.1, -0.05) is 12.1 Å². The summed E-state index contributed by atoms with van der Waals surface area (Å²) >= 11 is 0. The summed E-state index contributed by atoms with van der Waals surface area (Å²) in [6, 6.07) is 7.63. The molecule has 1 saturated heterocycles. The van der Waals surface area contributed by atoms with Crippen LogP contribution in [0.15, 0.2) is 24.3 Å². The minimum Gasteiger partial charge on any atom is -0.494 e. The van der Waals surface area contributed by atoms with E-state index in [-0.39, 0.29) is 5.41 Å². The zero-order chi connectivity index (χ0) is 13.7. The largest absolute Gasteiger partial charge is 0.494 e. The van der Waals surface area contributed by atoms with Crippen LogP contribution in [0.5, 0.6) is 5.75 Å². The summed E-state index contributed by atoms with van der Waals surface area (Å²) in [5.41, 5.74) is 6.55. The van der Waals surface area contributed by atoms with Crippen LogP contribution in [-0.4, -0.2) is 31.5 Å². The van der Waals surface area contributed by atoms with E-state index in [1.165, 1.54) is 0 Å². The van der Waals surface area contributed by atoms with Crippen LogP contribution in [0.1, 0.15) is 31.4 Å². The van der Waals surface area contributed by atoms with Gasteiger partial charge in [-0.25, -0.2) is 0 Å². The summed E-state index contributed by atoms with van der Waals surface area (Å²) in [4.78, 5) is 0. The van der Waals surface area contributed by atoms with Gasteiger partial charge in [0.25, 0.3) is 0 Å². The molecule has 0 saturated carbocycles. The van der Waals surface area contributed by atoms with Gasteiger partial charge >= 0.3 is 0 Å². The third-order valence-electron chi connectivity index (χ3n) is 3.98. The molecule has 0 bridgehead atoms. The normalized spacial score (nSPS) is 19.9. The quantitative estimate of drug-likeness (QED) is 0.853. The summed E-state index contributed by atoms with van der Waals surface area (Å²) < 4.78 is 10.8. The van der Waals surface area contributed by atoms with E-state index in [2.05, 4.69) is 0 Å². The molecule has 1 aliphatic heterocycles. The van der Waals surface area contributed by atoms with Gasteiger partial charge in [0, 0.05) is 25.2 Å². The van der Waals surface area contributed by atoms with Gasteiger partial charge in [-0.2, -0.15) is 0 Å². The fourth-order valence-corrected chi connectivity index (χ4v) is 2.63. The summed E-state index contributed by atoms with van der Waals surface area (Å²) in [6.07, 6.45) is 1.06. The van der Waals surface area contributed by atoms with Crippen molar-refractivity contribution in [2.24, 2.45) is 11.1 Å². The van der Waals surface area contributed by atoms with E-state index in [1.54, 1.807) is 0 Å². The lowest BCUT2D eigenvalue weighted by Gasteiger charge is -2.40.